The molecule has 3 unspecified atom stereocenters. The van der Waals surface area contributed by atoms with Crippen LogP contribution in [0.25, 0.3) is 0 Å². The number of phosphoric acid groups is 2. The standard InChI is InChI=1S/C69H130O17P2/c1-8-9-10-11-12-13-14-15-16-17-18-23-30-38-45-52-68(73)85-64(57-80-67(72)51-44-37-31-24-27-34-41-48-61(4)5)58-83-87(75,76)81-54-63(70)55-82-88(77,78)84-59-65(86-69(74)53-46-39-32-25-28-35-42-49-62(6)7)56-79-66(71)50-43-36-29-22-20-19-21-26-33-40-47-60(2)3/h13-16,60-65,70H,8-12,17-59H2,1-7H3,(H,75,76)(H,77,78)/b14-13-,16-15-/t63?,64-,65-/m1/s1. The Kier molecular flexibility index (Phi) is 57.9. The largest absolute Gasteiger partial charge is 0.472 e. The molecule has 0 bridgehead atoms. The number of carbonyl (C=O) groups is 4. The van der Waals surface area contributed by atoms with Crippen LogP contribution in [-0.4, -0.2) is 96.7 Å². The Hall–Kier alpha value is -2.46. The summed E-state index contributed by atoms with van der Waals surface area (Å²) in [6, 6.07) is 0. The average molecular weight is 1290 g/mol. The van der Waals surface area contributed by atoms with Gasteiger partial charge in [-0.25, -0.2) is 9.13 Å². The molecule has 518 valence electrons. The van der Waals surface area contributed by atoms with E-state index in [0.717, 1.165) is 115 Å². The summed E-state index contributed by atoms with van der Waals surface area (Å²) in [7, 11) is -9.91. The number of hydrogen-bond donors (Lipinski definition) is 3. The van der Waals surface area contributed by atoms with Crippen molar-refractivity contribution >= 4 is 39.5 Å². The maximum absolute atomic E-state index is 13.0. The summed E-state index contributed by atoms with van der Waals surface area (Å²) in [6.07, 6.45) is 45.4. The third-order valence-electron chi connectivity index (χ3n) is 15.3. The lowest BCUT2D eigenvalue weighted by atomic mass is 10.0. The molecule has 0 aliphatic heterocycles. The molecule has 3 N–H and O–H groups in total. The summed E-state index contributed by atoms with van der Waals surface area (Å²) >= 11 is 0. The third-order valence-corrected chi connectivity index (χ3v) is 17.2. The van der Waals surface area contributed by atoms with Crippen LogP contribution in [0, 0.1) is 17.8 Å². The second-order valence-electron chi connectivity index (χ2n) is 25.7. The van der Waals surface area contributed by atoms with Crippen LogP contribution in [0.2, 0.25) is 0 Å². The van der Waals surface area contributed by atoms with Gasteiger partial charge in [-0.2, -0.15) is 0 Å². The van der Waals surface area contributed by atoms with E-state index in [4.69, 9.17) is 37.0 Å². The lowest BCUT2D eigenvalue weighted by Crippen LogP contribution is -2.30. The van der Waals surface area contributed by atoms with E-state index in [1.165, 1.54) is 109 Å². The van der Waals surface area contributed by atoms with E-state index in [9.17, 15) is 43.2 Å². The van der Waals surface area contributed by atoms with E-state index < -0.39 is 97.5 Å². The molecule has 0 heterocycles. The molecule has 5 atom stereocenters. The van der Waals surface area contributed by atoms with E-state index >= 15 is 0 Å². The first-order valence-electron chi connectivity index (χ1n) is 35.2. The topological polar surface area (TPSA) is 237 Å². The zero-order chi connectivity index (χ0) is 65.2. The minimum Gasteiger partial charge on any atom is -0.462 e. The van der Waals surface area contributed by atoms with Crippen molar-refractivity contribution in [3.05, 3.63) is 24.3 Å². The van der Waals surface area contributed by atoms with Crippen molar-refractivity contribution in [1.29, 1.82) is 0 Å². The van der Waals surface area contributed by atoms with Gasteiger partial charge in [0.05, 0.1) is 26.4 Å². The fourth-order valence-electron chi connectivity index (χ4n) is 9.82. The summed E-state index contributed by atoms with van der Waals surface area (Å²) in [5, 5.41) is 10.6. The highest BCUT2D eigenvalue weighted by Gasteiger charge is 2.30. The van der Waals surface area contributed by atoms with Gasteiger partial charge in [0.15, 0.2) is 12.2 Å². The summed E-state index contributed by atoms with van der Waals surface area (Å²) in [5.41, 5.74) is 0. The maximum atomic E-state index is 13.0. The summed E-state index contributed by atoms with van der Waals surface area (Å²) in [5.74, 6) is -0.00918. The molecular formula is C69H130O17P2. The van der Waals surface area contributed by atoms with Crippen molar-refractivity contribution in [3.8, 4) is 0 Å². The normalized spacial score (nSPS) is 14.4. The van der Waals surface area contributed by atoms with Gasteiger partial charge >= 0.3 is 39.5 Å². The lowest BCUT2D eigenvalue weighted by molar-refractivity contribution is -0.161. The second kappa shape index (κ2) is 59.5. The van der Waals surface area contributed by atoms with E-state index in [0.29, 0.717) is 37.5 Å². The first-order valence-corrected chi connectivity index (χ1v) is 38.2. The number of aliphatic hydroxyl groups is 1. The van der Waals surface area contributed by atoms with E-state index in [1.54, 1.807) is 0 Å². The van der Waals surface area contributed by atoms with Crippen LogP contribution < -0.4 is 0 Å². The fraction of sp³-hybridized carbons (Fsp3) is 0.884. The van der Waals surface area contributed by atoms with Crippen LogP contribution >= 0.6 is 15.6 Å². The monoisotopic (exact) mass is 1290 g/mol. The van der Waals surface area contributed by atoms with Gasteiger partial charge in [0.1, 0.15) is 19.3 Å². The molecule has 0 aliphatic carbocycles. The summed E-state index contributed by atoms with van der Waals surface area (Å²) < 4.78 is 68.1. The predicted octanol–water partition coefficient (Wildman–Crippen LogP) is 19.0. The molecule has 0 fully saturated rings. The Morgan fingerprint density at radius 2 is 0.614 bits per heavy atom. The number of allylic oxidation sites excluding steroid dienone is 4. The Morgan fingerprint density at radius 1 is 0.352 bits per heavy atom. The maximum Gasteiger partial charge on any atom is 0.472 e. The van der Waals surface area contributed by atoms with Crippen molar-refractivity contribution in [2.75, 3.05) is 39.6 Å². The van der Waals surface area contributed by atoms with Gasteiger partial charge in [-0.15, -0.1) is 0 Å². The van der Waals surface area contributed by atoms with Gasteiger partial charge in [0, 0.05) is 25.7 Å². The molecule has 0 spiro atoms. The van der Waals surface area contributed by atoms with Gasteiger partial charge in [-0.3, -0.25) is 37.3 Å². The van der Waals surface area contributed by atoms with Gasteiger partial charge in [0.2, 0.25) is 0 Å². The Morgan fingerprint density at radius 3 is 0.920 bits per heavy atom. The molecule has 0 amide bonds. The number of esters is 4. The first kappa shape index (κ1) is 85.5. The second-order valence-corrected chi connectivity index (χ2v) is 28.6. The smallest absolute Gasteiger partial charge is 0.462 e. The van der Waals surface area contributed by atoms with Crippen molar-refractivity contribution in [2.24, 2.45) is 17.8 Å². The highest BCUT2D eigenvalue weighted by Crippen LogP contribution is 2.45. The quantitative estimate of drug-likeness (QED) is 0.0169. The van der Waals surface area contributed by atoms with Crippen molar-refractivity contribution in [2.45, 2.75) is 336 Å². The molecule has 17 nitrogen and oxygen atoms in total. The molecule has 0 aromatic carbocycles. The Bertz CT molecular complexity index is 1830. The average Bonchev–Trinajstić information content (AvgIpc) is 3.55. The van der Waals surface area contributed by atoms with E-state index in [-0.39, 0.29) is 25.7 Å². The third kappa shape index (κ3) is 62.4. The molecule has 0 saturated carbocycles. The minimum atomic E-state index is -4.96. The van der Waals surface area contributed by atoms with Crippen LogP contribution in [0.3, 0.4) is 0 Å². The van der Waals surface area contributed by atoms with E-state index in [2.05, 4.69) is 72.8 Å². The molecule has 0 aromatic heterocycles. The molecule has 19 heteroatoms. The molecule has 0 saturated heterocycles. The highest BCUT2D eigenvalue weighted by atomic mass is 31.2. The van der Waals surface area contributed by atoms with Gasteiger partial charge in [0.25, 0.3) is 0 Å². The number of hydrogen-bond acceptors (Lipinski definition) is 15. The number of rotatable bonds is 65. The SMILES string of the molecule is CCCCCC/C=C\C=C/CCCCCCCC(=O)O[C@H](COC(=O)CCCCCCCCCC(C)C)COP(=O)(O)OCC(O)COP(=O)(O)OC[C@@H](COC(=O)CCCCCCCCCCCCC(C)C)OC(=O)CCCCCCCCCC(C)C. The van der Waals surface area contributed by atoms with Crippen LogP contribution in [0.1, 0.15) is 318 Å². The minimum absolute atomic E-state index is 0.0836. The van der Waals surface area contributed by atoms with Crippen LogP contribution in [0.15, 0.2) is 24.3 Å². The van der Waals surface area contributed by atoms with Crippen LogP contribution in [0.5, 0.6) is 0 Å². The number of unbranched alkanes of at least 4 members (excludes halogenated alkanes) is 30. The molecular weight excluding hydrogens is 1160 g/mol. The van der Waals surface area contributed by atoms with Gasteiger partial charge in [-0.05, 0) is 69.1 Å². The molecule has 0 aromatic rings. The lowest BCUT2D eigenvalue weighted by Gasteiger charge is -2.21. The zero-order valence-corrected chi connectivity index (χ0v) is 58.5. The number of carbonyl (C=O) groups excluding carboxylic acids is 4. The van der Waals surface area contributed by atoms with Gasteiger partial charge in [-0.1, -0.05) is 265 Å². The highest BCUT2D eigenvalue weighted by molar-refractivity contribution is 7.47. The molecule has 0 rings (SSSR count). The zero-order valence-electron chi connectivity index (χ0n) is 56.7. The van der Waals surface area contributed by atoms with Crippen LogP contribution in [-0.2, 0) is 65.4 Å². The first-order chi connectivity index (χ1) is 42.2. The Balaban J connectivity index is 5.27. The van der Waals surface area contributed by atoms with Crippen molar-refractivity contribution in [3.63, 3.8) is 0 Å². The fourth-order valence-corrected chi connectivity index (χ4v) is 11.4. The molecule has 0 aliphatic rings. The summed E-state index contributed by atoms with van der Waals surface area (Å²) in [4.78, 5) is 72.4. The molecule has 88 heavy (non-hydrogen) atoms. The Labute approximate surface area is 535 Å². The van der Waals surface area contributed by atoms with Crippen molar-refractivity contribution < 1.29 is 80.2 Å². The number of ether oxygens (including phenoxy) is 4. The number of phosphoric ester groups is 2. The number of aliphatic hydroxyl groups excluding tert-OH is 1. The van der Waals surface area contributed by atoms with Crippen LogP contribution in [0.4, 0.5) is 0 Å². The molecule has 0 radical (unpaired) electrons. The summed E-state index contributed by atoms with van der Waals surface area (Å²) in [6.45, 7) is 11.6. The van der Waals surface area contributed by atoms with Crippen molar-refractivity contribution in [1.82, 2.24) is 0 Å². The van der Waals surface area contributed by atoms with Gasteiger partial charge < -0.3 is 33.8 Å². The van der Waals surface area contributed by atoms with E-state index in [1.807, 2.05) is 0 Å². The predicted molar refractivity (Wildman–Crippen MR) is 354 cm³/mol.